The molecule has 1 aromatic heterocycles. The minimum Gasteiger partial charge on any atom is -0.480 e. The second-order valence-electron chi connectivity index (χ2n) is 4.99. The molecular formula is C13H13FN2O3S. The molecule has 1 aliphatic carbocycles. The van der Waals surface area contributed by atoms with Crippen LogP contribution in [0.25, 0.3) is 0 Å². The lowest BCUT2D eigenvalue weighted by molar-refractivity contribution is -0.141. The first-order valence-corrected chi connectivity index (χ1v) is 7.41. The maximum absolute atomic E-state index is 12.9. The Labute approximate surface area is 119 Å². The Kier molecular flexibility index (Phi) is 3.37. The molecule has 1 aromatic rings. The third-order valence-electron chi connectivity index (χ3n) is 3.53. The summed E-state index contributed by atoms with van der Waals surface area (Å²) in [6.45, 7) is 0. The van der Waals surface area contributed by atoms with Gasteiger partial charge in [0, 0.05) is 5.75 Å². The molecule has 2 aliphatic rings. The second kappa shape index (κ2) is 5.05. The molecule has 0 spiro atoms. The molecule has 0 aromatic carbocycles. The van der Waals surface area contributed by atoms with Crippen molar-refractivity contribution < 1.29 is 19.1 Å². The molecule has 1 saturated carbocycles. The van der Waals surface area contributed by atoms with Crippen molar-refractivity contribution in [3.8, 4) is 0 Å². The fraction of sp³-hybridized carbons (Fsp3) is 0.462. The van der Waals surface area contributed by atoms with Crippen LogP contribution >= 0.6 is 11.8 Å². The third-order valence-corrected chi connectivity index (χ3v) is 4.99. The van der Waals surface area contributed by atoms with Gasteiger partial charge in [-0.1, -0.05) is 0 Å². The molecule has 106 valence electrons. The van der Waals surface area contributed by atoms with E-state index in [4.69, 9.17) is 0 Å². The summed E-state index contributed by atoms with van der Waals surface area (Å²) in [4.78, 5) is 29.0. The Hall–Kier alpha value is -1.63. The van der Waals surface area contributed by atoms with Crippen molar-refractivity contribution in [3.63, 3.8) is 0 Å². The molecule has 1 saturated heterocycles. The molecule has 0 bridgehead atoms. The van der Waals surface area contributed by atoms with Gasteiger partial charge in [0.15, 0.2) is 0 Å². The van der Waals surface area contributed by atoms with E-state index in [1.165, 1.54) is 22.7 Å². The van der Waals surface area contributed by atoms with E-state index < -0.39 is 23.7 Å². The number of pyridine rings is 1. The molecule has 2 fully saturated rings. The number of aromatic nitrogens is 1. The Morgan fingerprint density at radius 2 is 2.15 bits per heavy atom. The fourth-order valence-corrected chi connectivity index (χ4v) is 3.98. The zero-order valence-electron chi connectivity index (χ0n) is 10.5. The quantitative estimate of drug-likeness (QED) is 0.917. The van der Waals surface area contributed by atoms with Gasteiger partial charge < -0.3 is 10.0 Å². The molecule has 2 heterocycles. The summed E-state index contributed by atoms with van der Waals surface area (Å²) in [5.74, 6) is -1.20. The number of amides is 1. The monoisotopic (exact) mass is 296 g/mol. The summed E-state index contributed by atoms with van der Waals surface area (Å²) in [6.07, 6.45) is 3.01. The largest absolute Gasteiger partial charge is 0.480 e. The van der Waals surface area contributed by atoms with Gasteiger partial charge in [-0.05, 0) is 30.9 Å². The average molecular weight is 296 g/mol. The predicted octanol–water partition coefficient (Wildman–Crippen LogP) is 1.60. The summed E-state index contributed by atoms with van der Waals surface area (Å²) in [5.41, 5.74) is 0.0887. The minimum absolute atomic E-state index is 0.0887. The van der Waals surface area contributed by atoms with Crippen molar-refractivity contribution in [1.29, 1.82) is 0 Å². The van der Waals surface area contributed by atoms with Crippen molar-refractivity contribution in [2.75, 3.05) is 5.75 Å². The van der Waals surface area contributed by atoms with Crippen molar-refractivity contribution >= 4 is 23.6 Å². The number of thioether (sulfide) groups is 1. The van der Waals surface area contributed by atoms with Crippen LogP contribution < -0.4 is 0 Å². The van der Waals surface area contributed by atoms with Crippen LogP contribution in [0.4, 0.5) is 4.39 Å². The Bertz CT molecular complexity index is 547. The molecule has 0 radical (unpaired) electrons. The van der Waals surface area contributed by atoms with Crippen LogP contribution in [0, 0.1) is 11.7 Å². The number of aliphatic carboxylic acids is 1. The first kappa shape index (κ1) is 13.4. The number of carbonyl (C=O) groups is 2. The van der Waals surface area contributed by atoms with E-state index in [-0.39, 0.29) is 11.1 Å². The zero-order chi connectivity index (χ0) is 14.3. The second-order valence-corrected chi connectivity index (χ2v) is 6.14. The molecule has 2 atom stereocenters. The number of hydrogen-bond acceptors (Lipinski definition) is 4. The molecule has 5 nitrogen and oxygen atoms in total. The lowest BCUT2D eigenvalue weighted by atomic mass is 10.2. The number of carboxylic acid groups (broad SMARTS) is 1. The van der Waals surface area contributed by atoms with Crippen molar-refractivity contribution in [2.45, 2.75) is 24.3 Å². The predicted molar refractivity (Wildman–Crippen MR) is 70.8 cm³/mol. The van der Waals surface area contributed by atoms with E-state index in [1.807, 2.05) is 0 Å². The molecule has 1 amide bonds. The van der Waals surface area contributed by atoms with Crippen LogP contribution in [-0.2, 0) is 4.79 Å². The van der Waals surface area contributed by atoms with Crippen LogP contribution in [0.3, 0.4) is 0 Å². The van der Waals surface area contributed by atoms with E-state index in [1.54, 1.807) is 0 Å². The number of nitrogens with zero attached hydrogens (tertiary/aromatic N) is 2. The highest BCUT2D eigenvalue weighted by atomic mass is 32.2. The fourth-order valence-electron chi connectivity index (χ4n) is 2.35. The summed E-state index contributed by atoms with van der Waals surface area (Å²) >= 11 is 1.51. The highest BCUT2D eigenvalue weighted by molar-refractivity contribution is 8.00. The Balaban J connectivity index is 1.88. The molecule has 20 heavy (non-hydrogen) atoms. The molecule has 2 unspecified atom stereocenters. The van der Waals surface area contributed by atoms with Crippen LogP contribution in [0.5, 0.6) is 0 Å². The molecule has 3 rings (SSSR count). The van der Waals surface area contributed by atoms with Crippen LogP contribution in [-0.4, -0.2) is 44.0 Å². The number of hydrogen-bond donors (Lipinski definition) is 1. The van der Waals surface area contributed by atoms with Crippen LogP contribution in [0.15, 0.2) is 18.3 Å². The van der Waals surface area contributed by atoms with Gasteiger partial charge >= 0.3 is 5.97 Å². The average Bonchev–Trinajstić information content (AvgIpc) is 3.17. The summed E-state index contributed by atoms with van der Waals surface area (Å²) in [6, 6.07) is 1.62. The van der Waals surface area contributed by atoms with E-state index in [2.05, 4.69) is 4.98 Å². The van der Waals surface area contributed by atoms with E-state index in [0.717, 1.165) is 25.1 Å². The first-order chi connectivity index (χ1) is 9.58. The standard InChI is InChI=1S/C13H13FN2O3S/c14-8-3-4-9(15-5-8)11(17)16-10(13(18)19)6-20-12(16)7-1-2-7/h3-5,7,10,12H,1-2,6H2,(H,18,19). The van der Waals surface area contributed by atoms with Crippen LogP contribution in [0.1, 0.15) is 23.3 Å². The summed E-state index contributed by atoms with van der Waals surface area (Å²) in [7, 11) is 0. The smallest absolute Gasteiger partial charge is 0.327 e. The number of carboxylic acids is 1. The van der Waals surface area contributed by atoms with Gasteiger partial charge in [-0.3, -0.25) is 4.79 Å². The minimum atomic E-state index is -1.00. The Morgan fingerprint density at radius 3 is 2.70 bits per heavy atom. The molecular weight excluding hydrogens is 283 g/mol. The van der Waals surface area contributed by atoms with E-state index >= 15 is 0 Å². The van der Waals surface area contributed by atoms with E-state index in [9.17, 15) is 19.1 Å². The normalized spacial score (nSPS) is 25.8. The van der Waals surface area contributed by atoms with Gasteiger partial charge in [0.2, 0.25) is 0 Å². The number of carbonyl (C=O) groups excluding carboxylic acids is 1. The Morgan fingerprint density at radius 1 is 1.40 bits per heavy atom. The van der Waals surface area contributed by atoms with Crippen molar-refractivity contribution in [1.82, 2.24) is 9.88 Å². The van der Waals surface area contributed by atoms with Crippen molar-refractivity contribution in [2.24, 2.45) is 5.92 Å². The van der Waals surface area contributed by atoms with Gasteiger partial charge in [-0.15, -0.1) is 11.8 Å². The van der Waals surface area contributed by atoms with Gasteiger partial charge in [-0.2, -0.15) is 0 Å². The first-order valence-electron chi connectivity index (χ1n) is 6.36. The van der Waals surface area contributed by atoms with Crippen molar-refractivity contribution in [3.05, 3.63) is 29.8 Å². The highest BCUT2D eigenvalue weighted by Crippen LogP contribution is 2.45. The summed E-state index contributed by atoms with van der Waals surface area (Å²) in [5, 5.41) is 9.15. The topological polar surface area (TPSA) is 70.5 Å². The molecule has 7 heteroatoms. The van der Waals surface area contributed by atoms with Gasteiger partial charge in [-0.25, -0.2) is 14.2 Å². The SMILES string of the molecule is O=C(O)C1CSC(C2CC2)N1C(=O)c1ccc(F)cn1. The lowest BCUT2D eigenvalue weighted by Crippen LogP contribution is -2.46. The molecule has 1 N–H and O–H groups in total. The highest BCUT2D eigenvalue weighted by Gasteiger charge is 2.48. The molecule has 1 aliphatic heterocycles. The number of rotatable bonds is 3. The van der Waals surface area contributed by atoms with E-state index in [0.29, 0.717) is 11.7 Å². The van der Waals surface area contributed by atoms with Gasteiger partial charge in [0.05, 0.1) is 11.6 Å². The van der Waals surface area contributed by atoms with Gasteiger partial charge in [0.25, 0.3) is 5.91 Å². The van der Waals surface area contributed by atoms with Gasteiger partial charge in [0.1, 0.15) is 17.6 Å². The number of halogens is 1. The maximum Gasteiger partial charge on any atom is 0.327 e. The third kappa shape index (κ3) is 2.37. The zero-order valence-corrected chi connectivity index (χ0v) is 11.3. The van der Waals surface area contributed by atoms with Crippen LogP contribution in [0.2, 0.25) is 0 Å². The summed E-state index contributed by atoms with van der Waals surface area (Å²) < 4.78 is 12.9. The lowest BCUT2D eigenvalue weighted by Gasteiger charge is -2.27. The maximum atomic E-state index is 12.9.